The summed E-state index contributed by atoms with van der Waals surface area (Å²) in [5.41, 5.74) is 0. The van der Waals surface area contributed by atoms with Crippen molar-refractivity contribution in [2.45, 2.75) is 26.7 Å². The molecule has 2 aliphatic rings. The van der Waals surface area contributed by atoms with Crippen LogP contribution >= 0.6 is 12.6 Å². The van der Waals surface area contributed by atoms with E-state index in [2.05, 4.69) is 41.4 Å². The number of rotatable bonds is 2. The highest BCUT2D eigenvalue weighted by molar-refractivity contribution is 7.79. The Labute approximate surface area is 126 Å². The summed E-state index contributed by atoms with van der Waals surface area (Å²) in [5, 5.41) is 0. The molecule has 0 radical (unpaired) electrons. The van der Waals surface area contributed by atoms with Crippen molar-refractivity contribution in [2.75, 3.05) is 66.2 Å². The molecule has 2 saturated heterocycles. The molecule has 0 aliphatic carbocycles. The fourth-order valence-electron chi connectivity index (χ4n) is 2.64. The highest BCUT2D eigenvalue weighted by Crippen LogP contribution is 2.17. The molecule has 0 atom stereocenters. The van der Waals surface area contributed by atoms with Crippen LogP contribution in [-0.4, -0.2) is 80.9 Å². The second-order valence-corrected chi connectivity index (χ2v) is 5.35. The Kier molecular flexibility index (Phi) is 12.2. The molecule has 2 heterocycles. The number of likely N-dealkylation sites (tertiary alicyclic amines) is 1. The topological polar surface area (TPSA) is 9.72 Å². The van der Waals surface area contributed by atoms with Crippen molar-refractivity contribution in [2.24, 2.45) is 5.92 Å². The van der Waals surface area contributed by atoms with Gasteiger partial charge in [0, 0.05) is 32.7 Å². The maximum Gasteiger partial charge on any atom is 0.0110 e. The van der Waals surface area contributed by atoms with Gasteiger partial charge in [-0.15, -0.1) is 0 Å². The smallest absolute Gasteiger partial charge is 0.0110 e. The molecule has 0 aromatic carbocycles. The molecule has 0 N–H and O–H groups in total. The Morgan fingerprint density at radius 2 is 1.21 bits per heavy atom. The first kappa shape index (κ1) is 19.2. The SMILES string of the molecule is CC.CN1CCC(CN2CCN(C)CC2)CC1.CS. The Morgan fingerprint density at radius 1 is 0.789 bits per heavy atom. The van der Waals surface area contributed by atoms with Crippen LogP contribution < -0.4 is 0 Å². The molecule has 0 spiro atoms. The van der Waals surface area contributed by atoms with Gasteiger partial charge in [-0.3, -0.25) is 0 Å². The van der Waals surface area contributed by atoms with E-state index in [-0.39, 0.29) is 0 Å². The van der Waals surface area contributed by atoms with Gasteiger partial charge in [0.2, 0.25) is 0 Å². The number of hydrogen-bond donors (Lipinski definition) is 1. The van der Waals surface area contributed by atoms with Gasteiger partial charge in [0.05, 0.1) is 0 Å². The summed E-state index contributed by atoms with van der Waals surface area (Å²) in [7, 11) is 4.47. The minimum Gasteiger partial charge on any atom is -0.306 e. The number of nitrogens with zero attached hydrogens (tertiary/aromatic N) is 3. The number of piperazine rings is 1. The van der Waals surface area contributed by atoms with Gasteiger partial charge in [-0.25, -0.2) is 0 Å². The van der Waals surface area contributed by atoms with Crippen LogP contribution in [0.4, 0.5) is 0 Å². The molecular formula is C15H35N3S. The summed E-state index contributed by atoms with van der Waals surface area (Å²) in [4.78, 5) is 7.56. The van der Waals surface area contributed by atoms with E-state index in [4.69, 9.17) is 0 Å². The maximum absolute atomic E-state index is 3.53. The van der Waals surface area contributed by atoms with Crippen molar-refractivity contribution in [3.8, 4) is 0 Å². The van der Waals surface area contributed by atoms with E-state index in [9.17, 15) is 0 Å². The van der Waals surface area contributed by atoms with Crippen LogP contribution in [0.3, 0.4) is 0 Å². The number of likely N-dealkylation sites (N-methyl/N-ethyl adjacent to an activating group) is 1. The second kappa shape index (κ2) is 12.0. The largest absolute Gasteiger partial charge is 0.306 e. The zero-order chi connectivity index (χ0) is 14.7. The van der Waals surface area contributed by atoms with Crippen LogP contribution in [0.1, 0.15) is 26.7 Å². The standard InChI is InChI=1S/C12H25N3.C2H6.CH4S/c1-13-5-3-12(4-6-13)11-15-9-7-14(2)8-10-15;2*1-2/h12H,3-11H2,1-2H3;1-2H3;2H,1H3. The second-order valence-electron chi connectivity index (χ2n) is 5.35. The van der Waals surface area contributed by atoms with Gasteiger partial charge in [-0.2, -0.15) is 12.6 Å². The zero-order valence-electron chi connectivity index (χ0n) is 13.7. The van der Waals surface area contributed by atoms with Crippen molar-refractivity contribution in [1.29, 1.82) is 0 Å². The maximum atomic E-state index is 3.53. The van der Waals surface area contributed by atoms with Crippen LogP contribution in [0.25, 0.3) is 0 Å². The minimum absolute atomic E-state index is 0.963. The van der Waals surface area contributed by atoms with Gasteiger partial charge < -0.3 is 14.7 Å². The van der Waals surface area contributed by atoms with E-state index < -0.39 is 0 Å². The third-order valence-electron chi connectivity index (χ3n) is 3.95. The van der Waals surface area contributed by atoms with Crippen molar-refractivity contribution < 1.29 is 0 Å². The number of piperidine rings is 1. The van der Waals surface area contributed by atoms with Crippen LogP contribution in [-0.2, 0) is 0 Å². The van der Waals surface area contributed by atoms with E-state index in [0.717, 1.165) is 5.92 Å². The predicted octanol–water partition coefficient (Wildman–Crippen LogP) is 2.15. The first-order valence-corrected chi connectivity index (χ1v) is 8.67. The molecule has 0 unspecified atom stereocenters. The van der Waals surface area contributed by atoms with Crippen LogP contribution in [0.2, 0.25) is 0 Å². The minimum atomic E-state index is 0.963. The summed E-state index contributed by atoms with van der Waals surface area (Å²) in [6.07, 6.45) is 4.51. The summed E-state index contributed by atoms with van der Waals surface area (Å²) < 4.78 is 0. The first-order valence-electron chi connectivity index (χ1n) is 7.78. The summed E-state index contributed by atoms with van der Waals surface area (Å²) in [6, 6.07) is 0. The molecule has 4 heteroatoms. The molecule has 116 valence electrons. The van der Waals surface area contributed by atoms with E-state index in [1.807, 2.05) is 13.8 Å². The van der Waals surface area contributed by atoms with Crippen molar-refractivity contribution >= 4 is 12.6 Å². The normalized spacial score (nSPS) is 23.1. The van der Waals surface area contributed by atoms with Crippen molar-refractivity contribution in [3.05, 3.63) is 0 Å². The highest BCUT2D eigenvalue weighted by Gasteiger charge is 2.21. The molecule has 2 fully saturated rings. The zero-order valence-corrected chi connectivity index (χ0v) is 14.6. The lowest BCUT2D eigenvalue weighted by atomic mass is 9.96. The van der Waals surface area contributed by atoms with Crippen LogP contribution in [0.15, 0.2) is 0 Å². The quantitative estimate of drug-likeness (QED) is 0.781. The third kappa shape index (κ3) is 8.18. The van der Waals surface area contributed by atoms with E-state index >= 15 is 0 Å². The van der Waals surface area contributed by atoms with E-state index in [1.54, 1.807) is 6.26 Å². The molecule has 0 bridgehead atoms. The molecule has 0 aromatic heterocycles. The van der Waals surface area contributed by atoms with Gasteiger partial charge in [-0.1, -0.05) is 13.8 Å². The fraction of sp³-hybridized carbons (Fsp3) is 1.00. The lowest BCUT2D eigenvalue weighted by molar-refractivity contribution is 0.112. The molecule has 19 heavy (non-hydrogen) atoms. The third-order valence-corrected chi connectivity index (χ3v) is 3.95. The average molecular weight is 290 g/mol. The lowest BCUT2D eigenvalue weighted by Gasteiger charge is -2.37. The predicted molar refractivity (Wildman–Crippen MR) is 90.4 cm³/mol. The van der Waals surface area contributed by atoms with Gasteiger partial charge in [0.15, 0.2) is 0 Å². The Morgan fingerprint density at radius 3 is 1.68 bits per heavy atom. The van der Waals surface area contributed by atoms with E-state index in [1.165, 1.54) is 58.7 Å². The number of hydrogen-bond acceptors (Lipinski definition) is 4. The molecule has 3 nitrogen and oxygen atoms in total. The molecule has 0 aromatic rings. The van der Waals surface area contributed by atoms with Gasteiger partial charge >= 0.3 is 0 Å². The molecular weight excluding hydrogens is 254 g/mol. The highest BCUT2D eigenvalue weighted by atomic mass is 32.1. The van der Waals surface area contributed by atoms with Crippen molar-refractivity contribution in [1.82, 2.24) is 14.7 Å². The summed E-state index contributed by atoms with van der Waals surface area (Å²) >= 11 is 3.53. The van der Waals surface area contributed by atoms with Crippen LogP contribution in [0, 0.1) is 5.92 Å². The van der Waals surface area contributed by atoms with Crippen LogP contribution in [0.5, 0.6) is 0 Å². The molecule has 0 amide bonds. The lowest BCUT2D eigenvalue weighted by Crippen LogP contribution is -2.47. The van der Waals surface area contributed by atoms with Gasteiger partial charge in [0.25, 0.3) is 0 Å². The van der Waals surface area contributed by atoms with E-state index in [0.29, 0.717) is 0 Å². The molecule has 0 saturated carbocycles. The Hall–Kier alpha value is 0.230. The van der Waals surface area contributed by atoms with Crippen molar-refractivity contribution in [3.63, 3.8) is 0 Å². The van der Waals surface area contributed by atoms with Gasteiger partial charge in [-0.05, 0) is 52.2 Å². The average Bonchev–Trinajstić information content (AvgIpc) is 2.48. The van der Waals surface area contributed by atoms with Gasteiger partial charge in [0.1, 0.15) is 0 Å². The molecule has 2 aliphatic heterocycles. The summed E-state index contributed by atoms with van der Waals surface area (Å²) in [6.45, 7) is 13.0. The fourth-order valence-corrected chi connectivity index (χ4v) is 2.64. The number of thiol groups is 1. The Balaban J connectivity index is 0.000000741. The summed E-state index contributed by atoms with van der Waals surface area (Å²) in [5.74, 6) is 0.963. The Bertz CT molecular complexity index is 166. The first-order chi connectivity index (χ1) is 9.24. The monoisotopic (exact) mass is 289 g/mol. The molecule has 2 rings (SSSR count).